The summed E-state index contributed by atoms with van der Waals surface area (Å²) in [6.07, 6.45) is 4.98. The maximum Gasteiger partial charge on any atom is 0.0957 e. The molecule has 1 spiro atoms. The highest BCUT2D eigenvalue weighted by Crippen LogP contribution is 2.85. The lowest BCUT2D eigenvalue weighted by Crippen LogP contribution is -2.28. The van der Waals surface area contributed by atoms with E-state index in [9.17, 15) is 0 Å². The van der Waals surface area contributed by atoms with Crippen LogP contribution >= 0.6 is 0 Å². The fourth-order valence-corrected chi connectivity index (χ4v) is 5.87. The Labute approximate surface area is 98.9 Å². The van der Waals surface area contributed by atoms with Gasteiger partial charge in [-0.05, 0) is 55.3 Å². The molecular formula is C15H24O. The summed E-state index contributed by atoms with van der Waals surface area (Å²) in [5.74, 6) is 4.77. The molecule has 3 saturated carbocycles. The van der Waals surface area contributed by atoms with Crippen molar-refractivity contribution in [2.24, 2.45) is 35.0 Å². The fourth-order valence-electron chi connectivity index (χ4n) is 5.87. The Hall–Kier alpha value is -0.0400. The van der Waals surface area contributed by atoms with Gasteiger partial charge in [-0.25, -0.2) is 0 Å². The van der Waals surface area contributed by atoms with E-state index >= 15 is 0 Å². The zero-order valence-corrected chi connectivity index (χ0v) is 11.0. The van der Waals surface area contributed by atoms with Gasteiger partial charge < -0.3 is 4.74 Å². The Kier molecular flexibility index (Phi) is 1.57. The van der Waals surface area contributed by atoms with E-state index < -0.39 is 0 Å². The van der Waals surface area contributed by atoms with Gasteiger partial charge in [-0.2, -0.15) is 0 Å². The van der Waals surface area contributed by atoms with Crippen LogP contribution in [0, 0.1) is 35.0 Å². The van der Waals surface area contributed by atoms with Gasteiger partial charge in [0.1, 0.15) is 0 Å². The SMILES string of the molecule is CC(C)C1CC[C@@H](C)[C@@]23CC4O[C@]4(C)C2C13. The van der Waals surface area contributed by atoms with Crippen molar-refractivity contribution in [1.82, 2.24) is 0 Å². The van der Waals surface area contributed by atoms with Crippen molar-refractivity contribution in [2.45, 2.75) is 58.7 Å². The van der Waals surface area contributed by atoms with Crippen LogP contribution in [0.1, 0.15) is 47.0 Å². The normalized spacial score (nSPS) is 66.2. The number of fused-ring (bicyclic) bond motifs is 3. The maximum absolute atomic E-state index is 5.96. The average molecular weight is 220 g/mol. The largest absolute Gasteiger partial charge is 0.366 e. The van der Waals surface area contributed by atoms with E-state index in [-0.39, 0.29) is 0 Å². The Morgan fingerprint density at radius 1 is 1.25 bits per heavy atom. The van der Waals surface area contributed by atoms with E-state index in [0.717, 1.165) is 35.0 Å². The minimum atomic E-state index is 0.316. The molecule has 4 unspecified atom stereocenters. The predicted octanol–water partition coefficient (Wildman–Crippen LogP) is 3.48. The summed E-state index contributed by atoms with van der Waals surface area (Å²) in [4.78, 5) is 0. The standard InChI is InChI=1S/C15H24O/c1-8(2)10-6-5-9(3)15-7-11-14(4,16-11)13(15)12(10)15/h8-13H,5-7H2,1-4H3/t9-,10?,11?,12?,13?,14+,15-/m1/s1. The molecule has 1 saturated heterocycles. The molecule has 0 amide bonds. The van der Waals surface area contributed by atoms with Crippen LogP contribution in [0.3, 0.4) is 0 Å². The summed E-state index contributed by atoms with van der Waals surface area (Å²) in [5.41, 5.74) is 1.04. The van der Waals surface area contributed by atoms with Gasteiger partial charge in [-0.15, -0.1) is 0 Å². The summed E-state index contributed by atoms with van der Waals surface area (Å²) >= 11 is 0. The zero-order valence-electron chi connectivity index (χ0n) is 11.0. The lowest BCUT2D eigenvalue weighted by atomic mass is 9.70. The van der Waals surface area contributed by atoms with Crippen LogP contribution in [0.2, 0.25) is 0 Å². The molecule has 1 aliphatic heterocycles. The summed E-state index contributed by atoms with van der Waals surface area (Å²) < 4.78 is 5.96. The second-order valence-electron chi connectivity index (χ2n) is 7.50. The number of epoxide rings is 1. The molecule has 4 aliphatic rings. The van der Waals surface area contributed by atoms with E-state index in [4.69, 9.17) is 4.74 Å². The molecule has 0 aromatic carbocycles. The lowest BCUT2D eigenvalue weighted by molar-refractivity contribution is 0.124. The molecule has 7 atom stereocenters. The van der Waals surface area contributed by atoms with Crippen molar-refractivity contribution < 1.29 is 4.74 Å². The third-order valence-corrected chi connectivity index (χ3v) is 6.75. The molecule has 1 heteroatoms. The van der Waals surface area contributed by atoms with Crippen LogP contribution in [0.25, 0.3) is 0 Å². The van der Waals surface area contributed by atoms with Crippen molar-refractivity contribution in [3.05, 3.63) is 0 Å². The van der Waals surface area contributed by atoms with Crippen molar-refractivity contribution in [2.75, 3.05) is 0 Å². The number of rotatable bonds is 1. The summed E-state index contributed by atoms with van der Waals surface area (Å²) in [7, 11) is 0. The van der Waals surface area contributed by atoms with Gasteiger partial charge in [0, 0.05) is 5.92 Å². The first-order valence-corrected chi connectivity index (χ1v) is 7.19. The van der Waals surface area contributed by atoms with Gasteiger partial charge in [0.05, 0.1) is 11.7 Å². The fraction of sp³-hybridized carbons (Fsp3) is 1.00. The van der Waals surface area contributed by atoms with E-state index in [2.05, 4.69) is 27.7 Å². The number of hydrogen-bond acceptors (Lipinski definition) is 1. The van der Waals surface area contributed by atoms with Crippen LogP contribution in [0.5, 0.6) is 0 Å². The van der Waals surface area contributed by atoms with Crippen LogP contribution in [0.4, 0.5) is 0 Å². The van der Waals surface area contributed by atoms with Crippen molar-refractivity contribution >= 4 is 0 Å². The van der Waals surface area contributed by atoms with E-state index in [0.29, 0.717) is 11.7 Å². The Balaban J connectivity index is 1.70. The summed E-state index contributed by atoms with van der Waals surface area (Å²) in [5, 5.41) is 0. The number of ether oxygens (including phenoxy) is 1. The van der Waals surface area contributed by atoms with Gasteiger partial charge in [0.15, 0.2) is 0 Å². The highest BCUT2D eigenvalue weighted by Gasteiger charge is 2.87. The van der Waals surface area contributed by atoms with Crippen molar-refractivity contribution in [3.63, 3.8) is 0 Å². The van der Waals surface area contributed by atoms with E-state index in [1.54, 1.807) is 0 Å². The van der Waals surface area contributed by atoms with Crippen molar-refractivity contribution in [3.8, 4) is 0 Å². The first-order valence-electron chi connectivity index (χ1n) is 7.19. The highest BCUT2D eigenvalue weighted by atomic mass is 16.6. The topological polar surface area (TPSA) is 12.5 Å². The molecule has 0 aromatic heterocycles. The molecule has 0 bridgehead atoms. The monoisotopic (exact) mass is 220 g/mol. The Morgan fingerprint density at radius 2 is 2.00 bits per heavy atom. The molecule has 0 N–H and O–H groups in total. The lowest BCUT2D eigenvalue weighted by Gasteiger charge is -2.35. The second kappa shape index (κ2) is 2.53. The zero-order chi connectivity index (χ0) is 11.3. The molecule has 0 radical (unpaired) electrons. The average Bonchev–Trinajstić information content (AvgIpc) is 3.03. The summed E-state index contributed by atoms with van der Waals surface area (Å²) in [6, 6.07) is 0. The third-order valence-electron chi connectivity index (χ3n) is 6.75. The molecule has 4 rings (SSSR count). The van der Waals surface area contributed by atoms with Gasteiger partial charge in [-0.3, -0.25) is 0 Å². The molecule has 90 valence electrons. The Morgan fingerprint density at radius 3 is 2.69 bits per heavy atom. The van der Waals surface area contributed by atoms with Crippen molar-refractivity contribution in [1.29, 1.82) is 0 Å². The molecule has 3 aliphatic carbocycles. The maximum atomic E-state index is 5.96. The van der Waals surface area contributed by atoms with Crippen LogP contribution in [-0.4, -0.2) is 11.7 Å². The van der Waals surface area contributed by atoms with Gasteiger partial charge in [0.2, 0.25) is 0 Å². The van der Waals surface area contributed by atoms with Gasteiger partial charge in [-0.1, -0.05) is 20.8 Å². The third kappa shape index (κ3) is 0.836. The first kappa shape index (κ1) is 9.94. The highest BCUT2D eigenvalue weighted by molar-refractivity contribution is 5.34. The second-order valence-corrected chi connectivity index (χ2v) is 7.50. The molecule has 0 aromatic rings. The van der Waals surface area contributed by atoms with Gasteiger partial charge in [0.25, 0.3) is 0 Å². The van der Waals surface area contributed by atoms with E-state index in [1.807, 2.05) is 0 Å². The summed E-state index contributed by atoms with van der Waals surface area (Å²) in [6.45, 7) is 9.75. The minimum absolute atomic E-state index is 0.316. The molecular weight excluding hydrogens is 196 g/mol. The minimum Gasteiger partial charge on any atom is -0.366 e. The molecule has 1 nitrogen and oxygen atoms in total. The molecule has 16 heavy (non-hydrogen) atoms. The first-order chi connectivity index (χ1) is 7.52. The smallest absolute Gasteiger partial charge is 0.0957 e. The quantitative estimate of drug-likeness (QED) is 0.616. The molecule has 4 fully saturated rings. The predicted molar refractivity (Wildman–Crippen MR) is 64.0 cm³/mol. The van der Waals surface area contributed by atoms with Crippen LogP contribution in [-0.2, 0) is 4.74 Å². The van der Waals surface area contributed by atoms with Crippen LogP contribution < -0.4 is 0 Å². The van der Waals surface area contributed by atoms with Crippen LogP contribution in [0.15, 0.2) is 0 Å². The Bertz CT molecular complexity index is 349. The van der Waals surface area contributed by atoms with Gasteiger partial charge >= 0.3 is 0 Å². The van der Waals surface area contributed by atoms with E-state index in [1.165, 1.54) is 19.3 Å². The number of hydrogen-bond donors (Lipinski definition) is 0. The molecule has 1 heterocycles.